The van der Waals surface area contributed by atoms with Crippen molar-refractivity contribution >= 4 is 39.4 Å². The van der Waals surface area contributed by atoms with Gasteiger partial charge in [-0.2, -0.15) is 0 Å². The molecule has 3 heteroatoms. The Morgan fingerprint density at radius 3 is 2.88 bits per heavy atom. The van der Waals surface area contributed by atoms with Gasteiger partial charge in [-0.1, -0.05) is 24.3 Å². The van der Waals surface area contributed by atoms with Crippen LogP contribution in [-0.4, -0.2) is 13.1 Å². The van der Waals surface area contributed by atoms with Gasteiger partial charge in [-0.05, 0) is 40.9 Å². The van der Waals surface area contributed by atoms with Crippen molar-refractivity contribution in [3.63, 3.8) is 0 Å². The Bertz CT molecular complexity index is 515. The van der Waals surface area contributed by atoms with Crippen molar-refractivity contribution < 1.29 is 0 Å². The first kappa shape index (κ1) is 11.6. The maximum absolute atomic E-state index is 3.42. The van der Waals surface area contributed by atoms with E-state index in [2.05, 4.69) is 41.0 Å². The van der Waals surface area contributed by atoms with Gasteiger partial charge in [-0.3, -0.25) is 0 Å². The molecule has 1 aliphatic heterocycles. The molecule has 0 aliphatic carbocycles. The Balaban J connectivity index is 0.000000963. The van der Waals surface area contributed by atoms with E-state index >= 15 is 0 Å². The van der Waals surface area contributed by atoms with E-state index in [1.54, 1.807) is 0 Å². The van der Waals surface area contributed by atoms with E-state index < -0.39 is 0 Å². The van der Waals surface area contributed by atoms with Crippen molar-refractivity contribution in [2.75, 3.05) is 13.1 Å². The molecule has 1 aromatic heterocycles. The van der Waals surface area contributed by atoms with Gasteiger partial charge in [-0.25, -0.2) is 0 Å². The first-order valence-corrected chi connectivity index (χ1v) is 6.19. The minimum Gasteiger partial charge on any atom is -0.312 e. The molecule has 0 unspecified atom stereocenters. The molecule has 84 valence electrons. The normalized spacial score (nSPS) is 15.6. The lowest BCUT2D eigenvalue weighted by atomic mass is 10.0. The summed E-state index contributed by atoms with van der Waals surface area (Å²) in [5.74, 6) is 0. The van der Waals surface area contributed by atoms with Crippen molar-refractivity contribution in [2.24, 2.45) is 0 Å². The molecule has 2 aromatic rings. The van der Waals surface area contributed by atoms with Crippen LogP contribution in [0.25, 0.3) is 15.7 Å². The summed E-state index contributed by atoms with van der Waals surface area (Å²) in [6, 6.07) is 8.64. The van der Waals surface area contributed by atoms with Gasteiger partial charge in [0.05, 0.1) is 0 Å². The van der Waals surface area contributed by atoms with Crippen molar-refractivity contribution in [1.82, 2.24) is 5.32 Å². The van der Waals surface area contributed by atoms with E-state index in [9.17, 15) is 0 Å². The smallest absolute Gasteiger partial charge is 0.0349 e. The number of rotatable bonds is 1. The predicted molar refractivity (Wildman–Crippen MR) is 74.5 cm³/mol. The zero-order chi connectivity index (χ0) is 10.1. The summed E-state index contributed by atoms with van der Waals surface area (Å²) in [6.45, 7) is 2.13. The molecule has 1 aromatic carbocycles. The second-order valence-corrected chi connectivity index (χ2v) is 4.75. The topological polar surface area (TPSA) is 12.0 Å². The molecule has 0 saturated heterocycles. The lowest BCUT2D eigenvalue weighted by Crippen LogP contribution is -2.21. The number of nitrogens with one attached hydrogen (secondary N) is 1. The van der Waals surface area contributed by atoms with Crippen LogP contribution in [0.15, 0.2) is 35.7 Å². The quantitative estimate of drug-likeness (QED) is 0.815. The van der Waals surface area contributed by atoms with E-state index in [4.69, 9.17) is 0 Å². The second-order valence-electron chi connectivity index (χ2n) is 3.84. The maximum atomic E-state index is 3.42. The Hall–Kier alpha value is -0.830. The highest BCUT2D eigenvalue weighted by Gasteiger charge is 2.10. The minimum atomic E-state index is 0. The zero-order valence-corrected chi connectivity index (χ0v) is 10.5. The molecule has 0 saturated carbocycles. The summed E-state index contributed by atoms with van der Waals surface area (Å²) in [5.41, 5.74) is 2.88. The molecule has 0 amide bonds. The molecule has 16 heavy (non-hydrogen) atoms. The summed E-state index contributed by atoms with van der Waals surface area (Å²) in [7, 11) is 0. The van der Waals surface area contributed by atoms with Crippen LogP contribution in [0.2, 0.25) is 0 Å². The van der Waals surface area contributed by atoms with Crippen molar-refractivity contribution in [3.8, 4) is 0 Å². The zero-order valence-electron chi connectivity index (χ0n) is 8.90. The van der Waals surface area contributed by atoms with Gasteiger partial charge in [-0.15, -0.1) is 23.7 Å². The first-order valence-electron chi connectivity index (χ1n) is 5.31. The van der Waals surface area contributed by atoms with E-state index in [0.717, 1.165) is 19.5 Å². The summed E-state index contributed by atoms with van der Waals surface area (Å²) in [5, 5.41) is 7.11. The molecule has 0 spiro atoms. The van der Waals surface area contributed by atoms with Gasteiger partial charge in [0, 0.05) is 11.2 Å². The van der Waals surface area contributed by atoms with Crippen LogP contribution >= 0.6 is 23.7 Å². The average Bonchev–Trinajstić information content (AvgIpc) is 2.74. The fourth-order valence-corrected chi connectivity index (χ4v) is 3.06. The molecule has 0 fully saturated rings. The average molecular weight is 252 g/mol. The molecule has 0 atom stereocenters. The number of fused-ring (bicyclic) bond motifs is 1. The van der Waals surface area contributed by atoms with Crippen LogP contribution in [0.3, 0.4) is 0 Å². The van der Waals surface area contributed by atoms with E-state index in [1.807, 2.05) is 11.3 Å². The monoisotopic (exact) mass is 251 g/mol. The fourth-order valence-electron chi connectivity index (χ4n) is 2.08. The third kappa shape index (κ3) is 2.01. The van der Waals surface area contributed by atoms with Crippen LogP contribution < -0.4 is 5.32 Å². The molecule has 1 nitrogen and oxygen atoms in total. The van der Waals surface area contributed by atoms with Crippen LogP contribution in [0.1, 0.15) is 12.0 Å². The Kier molecular flexibility index (Phi) is 3.64. The van der Waals surface area contributed by atoms with E-state index in [-0.39, 0.29) is 12.4 Å². The van der Waals surface area contributed by atoms with Gasteiger partial charge < -0.3 is 5.32 Å². The van der Waals surface area contributed by atoms with Crippen LogP contribution in [-0.2, 0) is 0 Å². The molecule has 0 bridgehead atoms. The maximum Gasteiger partial charge on any atom is 0.0349 e. The lowest BCUT2D eigenvalue weighted by Gasteiger charge is -2.13. The Morgan fingerprint density at radius 2 is 2.06 bits per heavy atom. The van der Waals surface area contributed by atoms with Crippen LogP contribution in [0.4, 0.5) is 0 Å². The molecule has 3 rings (SSSR count). The molecular weight excluding hydrogens is 238 g/mol. The molecule has 1 N–H and O–H groups in total. The number of hydrogen-bond acceptors (Lipinski definition) is 2. The molecule has 2 heterocycles. The summed E-state index contributed by atoms with van der Waals surface area (Å²) < 4.78 is 1.39. The van der Waals surface area contributed by atoms with Crippen molar-refractivity contribution in [2.45, 2.75) is 6.42 Å². The van der Waals surface area contributed by atoms with Crippen LogP contribution in [0.5, 0.6) is 0 Å². The highest BCUT2D eigenvalue weighted by Crippen LogP contribution is 2.31. The highest BCUT2D eigenvalue weighted by molar-refractivity contribution is 7.17. The van der Waals surface area contributed by atoms with Crippen molar-refractivity contribution in [1.29, 1.82) is 0 Å². The second kappa shape index (κ2) is 5.00. The van der Waals surface area contributed by atoms with Gasteiger partial charge in [0.1, 0.15) is 0 Å². The standard InChI is InChI=1S/C13H13NS.ClH/c1-2-6-13-11(5-1)12(9-15-13)10-4-3-7-14-8-10;/h1-2,4-6,9,14H,3,7-8H2;1H. The van der Waals surface area contributed by atoms with Gasteiger partial charge in [0.2, 0.25) is 0 Å². The number of benzene rings is 1. The van der Waals surface area contributed by atoms with E-state index in [0.29, 0.717) is 0 Å². The highest BCUT2D eigenvalue weighted by atomic mass is 35.5. The molecule has 1 aliphatic rings. The molecule has 0 radical (unpaired) electrons. The third-order valence-electron chi connectivity index (χ3n) is 2.85. The fraction of sp³-hybridized carbons (Fsp3) is 0.231. The number of thiophene rings is 1. The van der Waals surface area contributed by atoms with Crippen LogP contribution in [0, 0.1) is 0 Å². The SMILES string of the molecule is C1=C(c2csc3ccccc23)CNCC1.Cl. The summed E-state index contributed by atoms with van der Waals surface area (Å²) in [6.07, 6.45) is 3.52. The number of hydrogen-bond donors (Lipinski definition) is 1. The Labute approximate surface area is 106 Å². The largest absolute Gasteiger partial charge is 0.312 e. The van der Waals surface area contributed by atoms with Crippen molar-refractivity contribution in [3.05, 3.63) is 41.3 Å². The van der Waals surface area contributed by atoms with Gasteiger partial charge >= 0.3 is 0 Å². The molecular formula is C13H14ClNS. The van der Waals surface area contributed by atoms with Gasteiger partial charge in [0.25, 0.3) is 0 Å². The minimum absolute atomic E-state index is 0. The first-order chi connectivity index (χ1) is 7.45. The van der Waals surface area contributed by atoms with E-state index in [1.165, 1.54) is 21.2 Å². The predicted octanol–water partition coefficient (Wildman–Crippen LogP) is 3.70. The number of halogens is 1. The lowest BCUT2D eigenvalue weighted by molar-refractivity contribution is 0.740. The summed E-state index contributed by atoms with van der Waals surface area (Å²) >= 11 is 1.84. The van der Waals surface area contributed by atoms with Gasteiger partial charge in [0.15, 0.2) is 0 Å². The summed E-state index contributed by atoms with van der Waals surface area (Å²) in [4.78, 5) is 0. The third-order valence-corrected chi connectivity index (χ3v) is 3.82. The Morgan fingerprint density at radius 1 is 1.19 bits per heavy atom.